The molecule has 0 amide bonds. The van der Waals surface area contributed by atoms with Gasteiger partial charge in [0.1, 0.15) is 24.1 Å². The van der Waals surface area contributed by atoms with E-state index in [1.807, 2.05) is 60.6 Å². The van der Waals surface area contributed by atoms with Gasteiger partial charge in [0, 0.05) is 6.42 Å². The predicted octanol–water partition coefficient (Wildman–Crippen LogP) is 7.89. The standard InChI is InChI=1S/C30H50O7/c1-12-14-15-22(13-2)26(32)36-37-30(10,11)18-20(3)35-27(33)34-19-21-16-23(28(4,5)6)25(31)24(17-21)29(7,8)9/h16-17,20,22,31H,12-15,18-19H2,1-11H3. The lowest BCUT2D eigenvalue weighted by molar-refractivity contribution is -0.331. The minimum Gasteiger partial charge on any atom is -0.507 e. The molecule has 212 valence electrons. The number of phenols is 1. The molecule has 7 nitrogen and oxygen atoms in total. The topological polar surface area (TPSA) is 91.3 Å². The fourth-order valence-corrected chi connectivity index (χ4v) is 4.19. The maximum Gasteiger partial charge on any atom is 0.508 e. The molecule has 2 atom stereocenters. The van der Waals surface area contributed by atoms with Gasteiger partial charge in [-0.3, -0.25) is 4.89 Å². The molecule has 0 aliphatic carbocycles. The van der Waals surface area contributed by atoms with Gasteiger partial charge in [0.25, 0.3) is 0 Å². The van der Waals surface area contributed by atoms with Gasteiger partial charge in [0.2, 0.25) is 0 Å². The summed E-state index contributed by atoms with van der Waals surface area (Å²) in [5.41, 5.74) is 0.969. The van der Waals surface area contributed by atoms with Crippen molar-refractivity contribution in [3.63, 3.8) is 0 Å². The van der Waals surface area contributed by atoms with Crippen molar-refractivity contribution in [1.29, 1.82) is 0 Å². The summed E-state index contributed by atoms with van der Waals surface area (Å²) in [7, 11) is 0. The molecule has 0 aromatic heterocycles. The van der Waals surface area contributed by atoms with E-state index in [2.05, 4.69) is 6.92 Å². The van der Waals surface area contributed by atoms with Crippen LogP contribution in [0.25, 0.3) is 0 Å². The van der Waals surface area contributed by atoms with E-state index in [4.69, 9.17) is 19.2 Å². The van der Waals surface area contributed by atoms with E-state index in [1.54, 1.807) is 20.8 Å². The number of hydrogen-bond acceptors (Lipinski definition) is 7. The van der Waals surface area contributed by atoms with Gasteiger partial charge in [-0.05, 0) is 73.3 Å². The van der Waals surface area contributed by atoms with Crippen LogP contribution in [0.2, 0.25) is 0 Å². The van der Waals surface area contributed by atoms with Crippen LogP contribution in [0.15, 0.2) is 12.1 Å². The number of rotatable bonds is 12. The van der Waals surface area contributed by atoms with Crippen molar-refractivity contribution < 1.29 is 33.9 Å². The summed E-state index contributed by atoms with van der Waals surface area (Å²) >= 11 is 0. The van der Waals surface area contributed by atoms with Crippen molar-refractivity contribution in [1.82, 2.24) is 0 Å². The molecule has 37 heavy (non-hydrogen) atoms. The Hall–Kier alpha value is -2.28. The maximum absolute atomic E-state index is 12.4. The van der Waals surface area contributed by atoms with Gasteiger partial charge in [-0.1, -0.05) is 68.2 Å². The SMILES string of the molecule is CCCCC(CC)C(=O)OOC(C)(C)CC(C)OC(=O)OCc1cc(C(C)(C)C)c(O)c(C(C)(C)C)c1. The fourth-order valence-electron chi connectivity index (χ4n) is 4.19. The largest absolute Gasteiger partial charge is 0.508 e. The van der Waals surface area contributed by atoms with Gasteiger partial charge >= 0.3 is 12.1 Å². The number of carbonyl (C=O) groups is 2. The third-order valence-corrected chi connectivity index (χ3v) is 6.30. The number of benzene rings is 1. The average molecular weight is 523 g/mol. The van der Waals surface area contributed by atoms with Gasteiger partial charge in [-0.15, -0.1) is 0 Å². The van der Waals surface area contributed by atoms with Gasteiger partial charge in [0.15, 0.2) is 0 Å². The van der Waals surface area contributed by atoms with E-state index in [-0.39, 0.29) is 35.1 Å². The molecule has 0 aliphatic rings. The molecule has 0 heterocycles. The van der Waals surface area contributed by atoms with Crippen LogP contribution in [0.5, 0.6) is 5.75 Å². The average Bonchev–Trinajstić information content (AvgIpc) is 2.75. The molecule has 0 saturated heterocycles. The molecule has 0 spiro atoms. The first kappa shape index (κ1) is 32.7. The van der Waals surface area contributed by atoms with Crippen molar-refractivity contribution in [2.45, 2.75) is 137 Å². The molecule has 7 heteroatoms. The Labute approximate surface area is 224 Å². The second-order valence-electron chi connectivity index (χ2n) is 12.7. The monoisotopic (exact) mass is 522 g/mol. The Morgan fingerprint density at radius 3 is 1.95 bits per heavy atom. The minimum atomic E-state index is -0.849. The van der Waals surface area contributed by atoms with Crippen LogP contribution in [0.3, 0.4) is 0 Å². The van der Waals surface area contributed by atoms with E-state index in [0.717, 1.165) is 36.0 Å². The summed E-state index contributed by atoms with van der Waals surface area (Å²) < 4.78 is 10.8. The first-order valence-electron chi connectivity index (χ1n) is 13.5. The zero-order valence-corrected chi connectivity index (χ0v) is 24.9. The lowest BCUT2D eigenvalue weighted by atomic mass is 9.78. The van der Waals surface area contributed by atoms with Crippen LogP contribution in [0, 0.1) is 5.92 Å². The first-order valence-corrected chi connectivity index (χ1v) is 13.5. The van der Waals surface area contributed by atoms with Crippen molar-refractivity contribution in [3.8, 4) is 5.75 Å². The van der Waals surface area contributed by atoms with E-state index < -0.39 is 17.9 Å². The summed E-state index contributed by atoms with van der Waals surface area (Å²) in [6.07, 6.45) is 2.43. The van der Waals surface area contributed by atoms with Crippen molar-refractivity contribution in [2.75, 3.05) is 0 Å². The molecule has 2 unspecified atom stereocenters. The highest BCUT2D eigenvalue weighted by Crippen LogP contribution is 2.40. The molecule has 1 rings (SSSR count). The fraction of sp³-hybridized carbons (Fsp3) is 0.733. The van der Waals surface area contributed by atoms with Crippen LogP contribution >= 0.6 is 0 Å². The van der Waals surface area contributed by atoms with E-state index in [0.29, 0.717) is 12.8 Å². The summed E-state index contributed by atoms with van der Waals surface area (Å²) in [5.74, 6) is -0.273. The molecule has 0 fully saturated rings. The highest BCUT2D eigenvalue weighted by molar-refractivity contribution is 5.71. The molecule has 0 saturated carbocycles. The number of unbranched alkanes of at least 4 members (excludes halogenated alkanes) is 1. The predicted molar refractivity (Wildman–Crippen MR) is 145 cm³/mol. The Morgan fingerprint density at radius 2 is 1.49 bits per heavy atom. The van der Waals surface area contributed by atoms with Crippen LogP contribution in [-0.4, -0.2) is 28.9 Å². The lowest BCUT2D eigenvalue weighted by Crippen LogP contribution is -2.33. The van der Waals surface area contributed by atoms with Crippen molar-refractivity contribution >= 4 is 12.1 Å². The lowest BCUT2D eigenvalue weighted by Gasteiger charge is -2.28. The van der Waals surface area contributed by atoms with Gasteiger partial charge in [-0.25, -0.2) is 9.59 Å². The zero-order valence-electron chi connectivity index (χ0n) is 24.9. The van der Waals surface area contributed by atoms with E-state index >= 15 is 0 Å². The van der Waals surface area contributed by atoms with Gasteiger partial charge in [0.05, 0.1) is 5.92 Å². The van der Waals surface area contributed by atoms with Crippen LogP contribution in [0.1, 0.15) is 125 Å². The van der Waals surface area contributed by atoms with E-state index in [9.17, 15) is 14.7 Å². The van der Waals surface area contributed by atoms with Gasteiger partial charge in [-0.2, -0.15) is 4.89 Å². The third-order valence-electron chi connectivity index (χ3n) is 6.30. The Morgan fingerprint density at radius 1 is 0.946 bits per heavy atom. The summed E-state index contributed by atoms with van der Waals surface area (Å²) in [5, 5.41) is 10.9. The van der Waals surface area contributed by atoms with Gasteiger partial charge < -0.3 is 14.6 Å². The summed E-state index contributed by atoms with van der Waals surface area (Å²) in [6.45, 7) is 21.5. The summed E-state index contributed by atoms with van der Waals surface area (Å²) in [6, 6.07) is 3.74. The van der Waals surface area contributed by atoms with Crippen LogP contribution in [0.4, 0.5) is 4.79 Å². The molecule has 0 bridgehead atoms. The highest BCUT2D eigenvalue weighted by Gasteiger charge is 2.30. The number of aromatic hydroxyl groups is 1. The van der Waals surface area contributed by atoms with Crippen LogP contribution in [-0.2, 0) is 41.5 Å². The minimum absolute atomic E-state index is 0.0195. The number of phenolic OH excluding ortho intramolecular Hbond substituents is 1. The Balaban J connectivity index is 2.73. The molecular weight excluding hydrogens is 472 g/mol. The van der Waals surface area contributed by atoms with E-state index in [1.165, 1.54) is 0 Å². The smallest absolute Gasteiger partial charge is 0.507 e. The molecule has 0 radical (unpaired) electrons. The number of hydrogen-bond donors (Lipinski definition) is 1. The van der Waals surface area contributed by atoms with Crippen molar-refractivity contribution in [2.24, 2.45) is 5.92 Å². The number of carbonyl (C=O) groups excluding carboxylic acids is 2. The molecule has 1 N–H and O–H groups in total. The Bertz CT molecular complexity index is 855. The second-order valence-corrected chi connectivity index (χ2v) is 12.7. The Kier molecular flexibility index (Phi) is 11.9. The molecule has 1 aromatic carbocycles. The second kappa shape index (κ2) is 13.5. The zero-order chi connectivity index (χ0) is 28.6. The molecule has 0 aliphatic heterocycles. The first-order chi connectivity index (χ1) is 16.9. The number of ether oxygens (including phenoxy) is 2. The summed E-state index contributed by atoms with van der Waals surface area (Å²) in [4.78, 5) is 35.3. The van der Waals surface area contributed by atoms with Crippen molar-refractivity contribution in [3.05, 3.63) is 28.8 Å². The highest BCUT2D eigenvalue weighted by atomic mass is 17.2. The maximum atomic E-state index is 12.4. The third kappa shape index (κ3) is 10.9. The molecule has 1 aromatic rings. The molecular formula is C30H50O7. The normalized spacial score (nSPS) is 14.1. The quantitative estimate of drug-likeness (QED) is 0.169. The van der Waals surface area contributed by atoms with Crippen LogP contribution < -0.4 is 0 Å².